The van der Waals surface area contributed by atoms with Gasteiger partial charge in [-0.05, 0) is 17.4 Å². The molecular formula is C7H11N5O3. The van der Waals surface area contributed by atoms with Crippen molar-refractivity contribution in [3.05, 3.63) is 6.33 Å². The molecule has 8 nitrogen and oxygen atoms in total. The van der Waals surface area contributed by atoms with Crippen molar-refractivity contribution in [2.24, 2.45) is 0 Å². The summed E-state index contributed by atoms with van der Waals surface area (Å²) in [4.78, 5) is 21.6. The number of tetrazole rings is 1. The van der Waals surface area contributed by atoms with Crippen molar-refractivity contribution in [1.29, 1.82) is 0 Å². The van der Waals surface area contributed by atoms with Crippen molar-refractivity contribution in [2.45, 2.75) is 25.9 Å². The maximum atomic E-state index is 11.3. The molecule has 2 N–H and O–H groups in total. The van der Waals surface area contributed by atoms with Gasteiger partial charge in [-0.15, -0.1) is 5.10 Å². The molecule has 0 radical (unpaired) electrons. The molecule has 0 saturated carbocycles. The second-order valence-electron chi connectivity index (χ2n) is 3.07. The van der Waals surface area contributed by atoms with Crippen molar-refractivity contribution < 1.29 is 14.7 Å². The van der Waals surface area contributed by atoms with Gasteiger partial charge < -0.3 is 10.4 Å². The van der Waals surface area contributed by atoms with Gasteiger partial charge >= 0.3 is 5.97 Å². The van der Waals surface area contributed by atoms with Crippen LogP contribution in [-0.2, 0) is 16.1 Å². The van der Waals surface area contributed by atoms with Gasteiger partial charge in [-0.2, -0.15) is 0 Å². The molecule has 1 aromatic rings. The molecule has 0 aromatic carbocycles. The van der Waals surface area contributed by atoms with Crippen molar-refractivity contribution >= 4 is 11.9 Å². The van der Waals surface area contributed by atoms with Gasteiger partial charge in [0.2, 0.25) is 5.91 Å². The smallest absolute Gasteiger partial charge is 0.305 e. The number of hydrogen-bond acceptors (Lipinski definition) is 5. The highest BCUT2D eigenvalue weighted by molar-refractivity contribution is 5.77. The Morgan fingerprint density at radius 1 is 1.60 bits per heavy atom. The zero-order valence-corrected chi connectivity index (χ0v) is 8.12. The number of hydrogen-bond donors (Lipinski definition) is 2. The number of nitrogens with zero attached hydrogens (tertiary/aromatic N) is 4. The fourth-order valence-corrected chi connectivity index (χ4v) is 1.03. The number of aromatic nitrogens is 4. The van der Waals surface area contributed by atoms with E-state index in [0.29, 0.717) is 0 Å². The maximum Gasteiger partial charge on any atom is 0.305 e. The largest absolute Gasteiger partial charge is 0.481 e. The van der Waals surface area contributed by atoms with Gasteiger partial charge in [0.1, 0.15) is 12.9 Å². The quantitative estimate of drug-likeness (QED) is 0.625. The van der Waals surface area contributed by atoms with E-state index in [1.165, 1.54) is 11.0 Å². The summed E-state index contributed by atoms with van der Waals surface area (Å²) in [7, 11) is 0. The summed E-state index contributed by atoms with van der Waals surface area (Å²) in [5.41, 5.74) is 0. The molecule has 8 heteroatoms. The molecule has 82 valence electrons. The molecule has 1 rings (SSSR count). The average molecular weight is 213 g/mol. The van der Waals surface area contributed by atoms with Crippen LogP contribution in [0, 0.1) is 0 Å². The van der Waals surface area contributed by atoms with E-state index in [4.69, 9.17) is 5.11 Å². The highest BCUT2D eigenvalue weighted by atomic mass is 16.4. The number of carboxylic acid groups (broad SMARTS) is 1. The predicted molar refractivity (Wildman–Crippen MR) is 47.7 cm³/mol. The zero-order valence-electron chi connectivity index (χ0n) is 8.12. The Bertz CT molecular complexity index is 336. The minimum absolute atomic E-state index is 0.0169. The molecule has 1 heterocycles. The van der Waals surface area contributed by atoms with Crippen LogP contribution in [0.25, 0.3) is 0 Å². The van der Waals surface area contributed by atoms with E-state index in [2.05, 4.69) is 20.8 Å². The van der Waals surface area contributed by atoms with Crippen LogP contribution in [0.3, 0.4) is 0 Å². The van der Waals surface area contributed by atoms with Crippen LogP contribution < -0.4 is 5.32 Å². The normalized spacial score (nSPS) is 12.1. The molecular weight excluding hydrogens is 202 g/mol. The van der Waals surface area contributed by atoms with Crippen molar-refractivity contribution in [1.82, 2.24) is 25.5 Å². The Morgan fingerprint density at radius 3 is 2.87 bits per heavy atom. The van der Waals surface area contributed by atoms with E-state index in [-0.39, 0.29) is 18.9 Å². The van der Waals surface area contributed by atoms with Gasteiger partial charge in [0, 0.05) is 6.04 Å². The molecule has 0 spiro atoms. The molecule has 0 aliphatic carbocycles. The minimum Gasteiger partial charge on any atom is -0.481 e. The lowest BCUT2D eigenvalue weighted by Gasteiger charge is -2.10. The standard InChI is InChI=1S/C7H11N5O3/c1-5(2-7(14)15)9-6(13)3-12-4-8-10-11-12/h4-5H,2-3H2,1H3,(H,9,13)(H,14,15). The monoisotopic (exact) mass is 213 g/mol. The molecule has 1 unspecified atom stereocenters. The summed E-state index contributed by atoms with van der Waals surface area (Å²) in [6.07, 6.45) is 1.20. The predicted octanol–water partition coefficient (Wildman–Crippen LogP) is -1.35. The Morgan fingerprint density at radius 2 is 2.33 bits per heavy atom. The first kappa shape index (κ1) is 11.1. The first-order valence-corrected chi connectivity index (χ1v) is 4.30. The SMILES string of the molecule is CC(CC(=O)O)NC(=O)Cn1cnnn1. The van der Waals surface area contributed by atoms with E-state index in [9.17, 15) is 9.59 Å². The molecule has 1 aromatic heterocycles. The van der Waals surface area contributed by atoms with Crippen LogP contribution in [-0.4, -0.2) is 43.2 Å². The van der Waals surface area contributed by atoms with Crippen LogP contribution in [0.1, 0.15) is 13.3 Å². The van der Waals surface area contributed by atoms with Crippen LogP contribution in [0.15, 0.2) is 6.33 Å². The van der Waals surface area contributed by atoms with Crippen LogP contribution in [0.5, 0.6) is 0 Å². The van der Waals surface area contributed by atoms with E-state index in [0.717, 1.165) is 0 Å². The Balaban J connectivity index is 2.33. The topological polar surface area (TPSA) is 110 Å². The Kier molecular flexibility index (Phi) is 3.72. The van der Waals surface area contributed by atoms with Gasteiger partial charge in [0.15, 0.2) is 0 Å². The van der Waals surface area contributed by atoms with Gasteiger partial charge in [0.25, 0.3) is 0 Å². The summed E-state index contributed by atoms with van der Waals surface area (Å²) in [5, 5.41) is 21.2. The van der Waals surface area contributed by atoms with Crippen molar-refractivity contribution in [3.8, 4) is 0 Å². The van der Waals surface area contributed by atoms with E-state index < -0.39 is 12.0 Å². The van der Waals surface area contributed by atoms with E-state index in [1.54, 1.807) is 6.92 Å². The lowest BCUT2D eigenvalue weighted by molar-refractivity contribution is -0.137. The summed E-state index contributed by atoms with van der Waals surface area (Å²) < 4.78 is 1.25. The molecule has 1 atom stereocenters. The second-order valence-corrected chi connectivity index (χ2v) is 3.07. The zero-order chi connectivity index (χ0) is 11.3. The third-order valence-corrected chi connectivity index (χ3v) is 1.59. The molecule has 0 aliphatic heterocycles. The van der Waals surface area contributed by atoms with E-state index in [1.807, 2.05) is 0 Å². The Hall–Kier alpha value is -1.99. The van der Waals surface area contributed by atoms with Gasteiger partial charge in [0.05, 0.1) is 6.42 Å². The fraction of sp³-hybridized carbons (Fsp3) is 0.571. The van der Waals surface area contributed by atoms with Crippen molar-refractivity contribution in [3.63, 3.8) is 0 Å². The van der Waals surface area contributed by atoms with Crippen LogP contribution in [0.4, 0.5) is 0 Å². The summed E-state index contributed by atoms with van der Waals surface area (Å²) in [5.74, 6) is -1.28. The summed E-state index contributed by atoms with van der Waals surface area (Å²) in [6.45, 7) is 1.60. The van der Waals surface area contributed by atoms with Gasteiger partial charge in [-0.25, -0.2) is 4.68 Å². The van der Waals surface area contributed by atoms with E-state index >= 15 is 0 Å². The van der Waals surface area contributed by atoms with Crippen LogP contribution >= 0.6 is 0 Å². The number of rotatable bonds is 5. The third-order valence-electron chi connectivity index (χ3n) is 1.59. The second kappa shape index (κ2) is 5.03. The van der Waals surface area contributed by atoms with Crippen LogP contribution in [0.2, 0.25) is 0 Å². The first-order valence-electron chi connectivity index (χ1n) is 4.30. The number of amides is 1. The Labute approximate surface area is 85.3 Å². The number of carboxylic acids is 1. The molecule has 15 heavy (non-hydrogen) atoms. The average Bonchev–Trinajstić information content (AvgIpc) is 2.53. The van der Waals surface area contributed by atoms with Crippen molar-refractivity contribution in [2.75, 3.05) is 0 Å². The summed E-state index contributed by atoms with van der Waals surface area (Å²) >= 11 is 0. The summed E-state index contributed by atoms with van der Waals surface area (Å²) in [6, 6.07) is -0.411. The number of aliphatic carboxylic acids is 1. The maximum absolute atomic E-state index is 11.3. The third kappa shape index (κ3) is 4.16. The molecule has 0 saturated heterocycles. The molecule has 1 amide bonds. The number of carbonyl (C=O) groups excluding carboxylic acids is 1. The molecule has 0 bridgehead atoms. The minimum atomic E-state index is -0.953. The van der Waals surface area contributed by atoms with Gasteiger partial charge in [-0.3, -0.25) is 9.59 Å². The lowest BCUT2D eigenvalue weighted by atomic mass is 10.2. The fourth-order valence-electron chi connectivity index (χ4n) is 1.03. The highest BCUT2D eigenvalue weighted by Crippen LogP contribution is 1.90. The lowest BCUT2D eigenvalue weighted by Crippen LogP contribution is -2.36. The number of nitrogens with one attached hydrogen (secondary N) is 1. The van der Waals surface area contributed by atoms with Gasteiger partial charge in [-0.1, -0.05) is 0 Å². The highest BCUT2D eigenvalue weighted by Gasteiger charge is 2.11. The number of carbonyl (C=O) groups is 2. The molecule has 0 aliphatic rings. The molecule has 0 fully saturated rings. The first-order chi connectivity index (χ1) is 7.08.